The van der Waals surface area contributed by atoms with Gasteiger partial charge in [-0.2, -0.15) is 0 Å². The Labute approximate surface area is 101 Å². The Balaban J connectivity index is 2.10. The van der Waals surface area contributed by atoms with Crippen LogP contribution in [0.3, 0.4) is 0 Å². The van der Waals surface area contributed by atoms with Crippen molar-refractivity contribution in [1.82, 2.24) is 5.32 Å². The average molecular weight is 239 g/mol. The van der Waals surface area contributed by atoms with Crippen LogP contribution < -0.4 is 5.32 Å². The molecule has 1 aliphatic carbocycles. The summed E-state index contributed by atoms with van der Waals surface area (Å²) in [6.45, 7) is 5.15. The van der Waals surface area contributed by atoms with E-state index < -0.39 is 11.6 Å². The Bertz CT molecular complexity index is 399. The van der Waals surface area contributed by atoms with Crippen molar-refractivity contribution in [2.75, 3.05) is 6.54 Å². The van der Waals surface area contributed by atoms with E-state index in [2.05, 4.69) is 19.2 Å². The van der Waals surface area contributed by atoms with Crippen molar-refractivity contribution in [3.63, 3.8) is 0 Å². The number of hydrogen-bond acceptors (Lipinski definition) is 1. The molecular weight excluding hydrogens is 220 g/mol. The van der Waals surface area contributed by atoms with E-state index in [4.69, 9.17) is 0 Å². The lowest BCUT2D eigenvalue weighted by atomic mass is 9.89. The maximum Gasteiger partial charge on any atom is 0.129 e. The minimum Gasteiger partial charge on any atom is -0.314 e. The van der Waals surface area contributed by atoms with E-state index >= 15 is 0 Å². The molecule has 2 rings (SSSR count). The summed E-state index contributed by atoms with van der Waals surface area (Å²) in [7, 11) is 0. The van der Waals surface area contributed by atoms with Crippen molar-refractivity contribution >= 4 is 0 Å². The molecule has 1 aliphatic rings. The summed E-state index contributed by atoms with van der Waals surface area (Å²) in [6, 6.07) is 4.27. The fraction of sp³-hybridized carbons (Fsp3) is 0.571. The minimum absolute atomic E-state index is 0.175. The first-order valence-corrected chi connectivity index (χ1v) is 6.25. The molecular formula is C14H19F2N. The molecule has 0 spiro atoms. The molecule has 0 radical (unpaired) electrons. The molecule has 0 amide bonds. The quantitative estimate of drug-likeness (QED) is 0.831. The topological polar surface area (TPSA) is 12.0 Å². The third kappa shape index (κ3) is 2.65. The predicted octanol–water partition coefficient (Wildman–Crippen LogP) is 3.29. The molecule has 1 saturated carbocycles. The van der Waals surface area contributed by atoms with Crippen LogP contribution in [0.25, 0.3) is 0 Å². The van der Waals surface area contributed by atoms with Gasteiger partial charge in [-0.3, -0.25) is 0 Å². The number of rotatable bonds is 5. The van der Waals surface area contributed by atoms with Gasteiger partial charge in [0.1, 0.15) is 11.6 Å². The van der Waals surface area contributed by atoms with Crippen LogP contribution >= 0.6 is 0 Å². The SMILES string of the molecule is CCNC(C)C1(Cc2ccc(F)cc2F)CC1. The standard InChI is InChI=1S/C14H19F2N/c1-3-17-10(2)14(6-7-14)9-11-4-5-12(15)8-13(11)16/h4-5,8,10,17H,3,6-7,9H2,1-2H3. The first kappa shape index (κ1) is 12.5. The summed E-state index contributed by atoms with van der Waals surface area (Å²) in [4.78, 5) is 0. The maximum absolute atomic E-state index is 13.6. The molecule has 1 N–H and O–H groups in total. The Kier molecular flexibility index (Phi) is 3.48. The van der Waals surface area contributed by atoms with Crippen LogP contribution in [0.5, 0.6) is 0 Å². The molecule has 1 atom stereocenters. The number of halogens is 2. The van der Waals surface area contributed by atoms with Gasteiger partial charge in [-0.1, -0.05) is 13.0 Å². The van der Waals surface area contributed by atoms with Crippen LogP contribution in [0.4, 0.5) is 8.78 Å². The van der Waals surface area contributed by atoms with E-state index in [1.807, 2.05) is 0 Å². The third-order valence-corrected chi connectivity index (χ3v) is 3.88. The summed E-state index contributed by atoms with van der Waals surface area (Å²) in [5, 5.41) is 3.40. The molecule has 1 fully saturated rings. The monoisotopic (exact) mass is 239 g/mol. The zero-order valence-corrected chi connectivity index (χ0v) is 10.4. The second kappa shape index (κ2) is 4.73. The molecule has 94 valence electrons. The first-order chi connectivity index (χ1) is 8.07. The molecule has 0 saturated heterocycles. The van der Waals surface area contributed by atoms with E-state index in [0.29, 0.717) is 18.0 Å². The molecule has 1 nitrogen and oxygen atoms in total. The first-order valence-electron chi connectivity index (χ1n) is 6.25. The molecule has 1 unspecified atom stereocenters. The summed E-state index contributed by atoms with van der Waals surface area (Å²) >= 11 is 0. The lowest BCUT2D eigenvalue weighted by molar-refractivity contribution is 0.351. The highest BCUT2D eigenvalue weighted by molar-refractivity contribution is 5.22. The molecule has 1 aromatic rings. The summed E-state index contributed by atoms with van der Waals surface area (Å²) in [5.41, 5.74) is 0.808. The fourth-order valence-corrected chi connectivity index (χ4v) is 2.49. The average Bonchev–Trinajstić information content (AvgIpc) is 3.04. The fourth-order valence-electron chi connectivity index (χ4n) is 2.49. The van der Waals surface area contributed by atoms with Gasteiger partial charge in [-0.15, -0.1) is 0 Å². The van der Waals surface area contributed by atoms with E-state index in [-0.39, 0.29) is 5.41 Å². The van der Waals surface area contributed by atoms with Crippen molar-refractivity contribution in [1.29, 1.82) is 0 Å². The van der Waals surface area contributed by atoms with Gasteiger partial charge in [-0.05, 0) is 49.8 Å². The van der Waals surface area contributed by atoms with Crippen molar-refractivity contribution in [2.24, 2.45) is 5.41 Å². The van der Waals surface area contributed by atoms with Crippen molar-refractivity contribution in [3.8, 4) is 0 Å². The van der Waals surface area contributed by atoms with E-state index in [1.54, 1.807) is 6.07 Å². The summed E-state index contributed by atoms with van der Waals surface area (Å²) < 4.78 is 26.4. The Hall–Kier alpha value is -0.960. The molecule has 17 heavy (non-hydrogen) atoms. The largest absolute Gasteiger partial charge is 0.314 e. The van der Waals surface area contributed by atoms with Gasteiger partial charge >= 0.3 is 0 Å². The van der Waals surface area contributed by atoms with Gasteiger partial charge in [-0.25, -0.2) is 8.78 Å². The molecule has 1 aromatic carbocycles. The number of hydrogen-bond donors (Lipinski definition) is 1. The van der Waals surface area contributed by atoms with Gasteiger partial charge in [0, 0.05) is 12.1 Å². The minimum atomic E-state index is -0.504. The van der Waals surface area contributed by atoms with Gasteiger partial charge < -0.3 is 5.32 Å². The number of nitrogens with one attached hydrogen (secondary N) is 1. The van der Waals surface area contributed by atoms with Gasteiger partial charge in [0.05, 0.1) is 0 Å². The van der Waals surface area contributed by atoms with Crippen LogP contribution in [0, 0.1) is 17.0 Å². The van der Waals surface area contributed by atoms with E-state index in [9.17, 15) is 8.78 Å². The smallest absolute Gasteiger partial charge is 0.129 e. The normalized spacial score (nSPS) is 19.1. The summed E-state index contributed by atoms with van der Waals surface area (Å²) in [6.07, 6.45) is 2.95. The van der Waals surface area contributed by atoms with Crippen molar-refractivity contribution in [2.45, 2.75) is 39.2 Å². The molecule has 0 aromatic heterocycles. The van der Waals surface area contributed by atoms with Crippen LogP contribution in [-0.2, 0) is 6.42 Å². The van der Waals surface area contributed by atoms with Crippen LogP contribution in [0.2, 0.25) is 0 Å². The van der Waals surface area contributed by atoms with Crippen LogP contribution in [0.1, 0.15) is 32.3 Å². The van der Waals surface area contributed by atoms with Crippen LogP contribution in [-0.4, -0.2) is 12.6 Å². The maximum atomic E-state index is 13.6. The summed E-state index contributed by atoms with van der Waals surface area (Å²) in [5.74, 6) is -0.921. The van der Waals surface area contributed by atoms with E-state index in [1.165, 1.54) is 6.07 Å². The third-order valence-electron chi connectivity index (χ3n) is 3.88. The van der Waals surface area contributed by atoms with E-state index in [0.717, 1.165) is 25.5 Å². The van der Waals surface area contributed by atoms with Gasteiger partial charge in [0.2, 0.25) is 0 Å². The second-order valence-electron chi connectivity index (χ2n) is 5.05. The zero-order chi connectivity index (χ0) is 12.5. The Morgan fingerprint density at radius 2 is 2.06 bits per heavy atom. The van der Waals surface area contributed by atoms with Gasteiger partial charge in [0.25, 0.3) is 0 Å². The lowest BCUT2D eigenvalue weighted by Crippen LogP contribution is -2.36. The Morgan fingerprint density at radius 3 is 2.59 bits per heavy atom. The molecule has 0 heterocycles. The molecule has 3 heteroatoms. The lowest BCUT2D eigenvalue weighted by Gasteiger charge is -2.24. The highest BCUT2D eigenvalue weighted by Crippen LogP contribution is 2.51. The Morgan fingerprint density at radius 1 is 1.35 bits per heavy atom. The van der Waals surface area contributed by atoms with Crippen LogP contribution in [0.15, 0.2) is 18.2 Å². The number of benzene rings is 1. The zero-order valence-electron chi connectivity index (χ0n) is 10.4. The van der Waals surface area contributed by atoms with Crippen molar-refractivity contribution in [3.05, 3.63) is 35.4 Å². The predicted molar refractivity (Wildman–Crippen MR) is 64.9 cm³/mol. The molecule has 0 bridgehead atoms. The molecule has 0 aliphatic heterocycles. The highest BCUT2D eigenvalue weighted by Gasteiger charge is 2.47. The van der Waals surface area contributed by atoms with Crippen molar-refractivity contribution < 1.29 is 8.78 Å². The van der Waals surface area contributed by atoms with Gasteiger partial charge in [0.15, 0.2) is 0 Å². The highest BCUT2D eigenvalue weighted by atomic mass is 19.1. The second-order valence-corrected chi connectivity index (χ2v) is 5.05.